The van der Waals surface area contributed by atoms with Gasteiger partial charge in [-0.25, -0.2) is 0 Å². The molecule has 1 amide bonds. The van der Waals surface area contributed by atoms with Crippen molar-refractivity contribution in [3.8, 4) is 6.07 Å². The molecule has 128 valence electrons. The van der Waals surface area contributed by atoms with Crippen LogP contribution in [-0.2, 0) is 0 Å². The summed E-state index contributed by atoms with van der Waals surface area (Å²) in [7, 11) is 0. The quantitative estimate of drug-likeness (QED) is 0.841. The van der Waals surface area contributed by atoms with E-state index in [1.54, 1.807) is 18.2 Å². The second-order valence-corrected chi connectivity index (χ2v) is 6.54. The molecule has 0 aliphatic carbocycles. The lowest BCUT2D eigenvalue weighted by Gasteiger charge is -2.36. The topological polar surface area (TPSA) is 73.4 Å². The van der Waals surface area contributed by atoms with Crippen LogP contribution in [0.15, 0.2) is 36.4 Å². The summed E-state index contributed by atoms with van der Waals surface area (Å²) in [6.07, 6.45) is 0. The van der Waals surface area contributed by atoms with Gasteiger partial charge in [0.25, 0.3) is 5.91 Å². The third-order valence-electron chi connectivity index (χ3n) is 4.47. The van der Waals surface area contributed by atoms with Gasteiger partial charge in [0.15, 0.2) is 0 Å². The number of hydrogen-bond donors (Lipinski definition) is 1. The maximum atomic E-state index is 12.7. The predicted octanol–water partition coefficient (Wildman–Crippen LogP) is 3.06. The maximum absolute atomic E-state index is 12.7. The lowest BCUT2D eigenvalue weighted by Crippen LogP contribution is -2.49. The highest BCUT2D eigenvalue weighted by molar-refractivity contribution is 6.31. The number of benzene rings is 2. The van der Waals surface area contributed by atoms with Gasteiger partial charge >= 0.3 is 0 Å². The van der Waals surface area contributed by atoms with Gasteiger partial charge in [0.2, 0.25) is 0 Å². The Kier molecular flexibility index (Phi) is 4.82. The molecule has 1 aliphatic rings. The van der Waals surface area contributed by atoms with Crippen molar-refractivity contribution in [3.63, 3.8) is 0 Å². The van der Waals surface area contributed by atoms with Crippen LogP contribution in [0.5, 0.6) is 0 Å². The molecule has 5 nitrogen and oxygen atoms in total. The standard InChI is InChI=1S/C19H19ClN4O/c1-13-2-3-14(11-17(13)20)19(25)24-8-6-23(7-9-24)18-5-4-16(22)10-15(18)12-21/h2-5,10-11H,6-9,22H2,1H3. The van der Waals surface area contributed by atoms with E-state index in [4.69, 9.17) is 17.3 Å². The molecule has 2 aromatic rings. The molecule has 25 heavy (non-hydrogen) atoms. The van der Waals surface area contributed by atoms with Crippen molar-refractivity contribution < 1.29 is 4.79 Å². The zero-order chi connectivity index (χ0) is 18.0. The van der Waals surface area contributed by atoms with E-state index in [9.17, 15) is 10.1 Å². The van der Waals surface area contributed by atoms with Gasteiger partial charge < -0.3 is 15.5 Å². The first-order valence-electron chi connectivity index (χ1n) is 8.09. The van der Waals surface area contributed by atoms with Gasteiger partial charge in [-0.05, 0) is 42.8 Å². The van der Waals surface area contributed by atoms with Crippen LogP contribution in [0, 0.1) is 18.3 Å². The summed E-state index contributed by atoms with van der Waals surface area (Å²) >= 11 is 6.13. The van der Waals surface area contributed by atoms with Crippen LogP contribution >= 0.6 is 11.6 Å². The van der Waals surface area contributed by atoms with Crippen molar-refractivity contribution in [2.45, 2.75) is 6.92 Å². The number of anilines is 2. The summed E-state index contributed by atoms with van der Waals surface area (Å²) in [6.45, 7) is 4.45. The number of nitrogen functional groups attached to an aromatic ring is 1. The number of piperazine rings is 1. The molecule has 2 aromatic carbocycles. The number of nitrogens with two attached hydrogens (primary N) is 1. The molecule has 0 atom stereocenters. The molecule has 2 N–H and O–H groups in total. The van der Waals surface area contributed by atoms with E-state index < -0.39 is 0 Å². The molecular formula is C19H19ClN4O. The Labute approximate surface area is 152 Å². The molecule has 1 aliphatic heterocycles. The largest absolute Gasteiger partial charge is 0.399 e. The summed E-state index contributed by atoms with van der Waals surface area (Å²) in [5.74, 6) is -0.0145. The molecule has 0 saturated carbocycles. The highest BCUT2D eigenvalue weighted by Crippen LogP contribution is 2.24. The number of amides is 1. The summed E-state index contributed by atoms with van der Waals surface area (Å²) < 4.78 is 0. The highest BCUT2D eigenvalue weighted by atomic mass is 35.5. The van der Waals surface area contributed by atoms with E-state index in [-0.39, 0.29) is 5.91 Å². The molecule has 1 saturated heterocycles. The minimum absolute atomic E-state index is 0.0145. The van der Waals surface area contributed by atoms with Crippen molar-refractivity contribution in [2.75, 3.05) is 36.8 Å². The highest BCUT2D eigenvalue weighted by Gasteiger charge is 2.23. The van der Waals surface area contributed by atoms with Crippen LogP contribution in [0.2, 0.25) is 5.02 Å². The molecule has 0 radical (unpaired) electrons. The number of halogens is 1. The monoisotopic (exact) mass is 354 g/mol. The summed E-state index contributed by atoms with van der Waals surface area (Å²) in [5, 5.41) is 9.90. The summed E-state index contributed by atoms with van der Waals surface area (Å²) in [4.78, 5) is 16.6. The number of aryl methyl sites for hydroxylation is 1. The van der Waals surface area contributed by atoms with Gasteiger partial charge in [-0.1, -0.05) is 17.7 Å². The van der Waals surface area contributed by atoms with Crippen molar-refractivity contribution in [1.82, 2.24) is 4.90 Å². The van der Waals surface area contributed by atoms with Crippen molar-refractivity contribution in [2.24, 2.45) is 0 Å². The van der Waals surface area contributed by atoms with E-state index in [0.717, 1.165) is 11.3 Å². The van der Waals surface area contributed by atoms with Gasteiger partial charge in [-0.15, -0.1) is 0 Å². The summed E-state index contributed by atoms with van der Waals surface area (Å²) in [5.41, 5.74) is 9.31. The van der Waals surface area contributed by atoms with Crippen LogP contribution in [0.3, 0.4) is 0 Å². The van der Waals surface area contributed by atoms with Gasteiger partial charge in [0.05, 0.1) is 11.3 Å². The number of nitriles is 1. The third-order valence-corrected chi connectivity index (χ3v) is 4.87. The average molecular weight is 355 g/mol. The van der Waals surface area contributed by atoms with Crippen molar-refractivity contribution >= 4 is 28.9 Å². The number of carbonyl (C=O) groups excluding carboxylic acids is 1. The van der Waals surface area contributed by atoms with Crippen LogP contribution in [0.25, 0.3) is 0 Å². The van der Waals surface area contributed by atoms with Crippen molar-refractivity contribution in [3.05, 3.63) is 58.1 Å². The SMILES string of the molecule is Cc1ccc(C(=O)N2CCN(c3ccc(N)cc3C#N)CC2)cc1Cl. The molecule has 3 rings (SSSR count). The normalized spacial score (nSPS) is 14.3. The first kappa shape index (κ1) is 17.1. The van der Waals surface area contributed by atoms with Gasteiger partial charge in [0, 0.05) is 42.5 Å². The number of hydrogen-bond acceptors (Lipinski definition) is 4. The molecule has 1 heterocycles. The summed E-state index contributed by atoms with van der Waals surface area (Å²) in [6, 6.07) is 12.9. The van der Waals surface area contributed by atoms with Gasteiger partial charge in [-0.2, -0.15) is 5.26 Å². The number of rotatable bonds is 2. The minimum Gasteiger partial charge on any atom is -0.399 e. The van der Waals surface area contributed by atoms with Gasteiger partial charge in [-0.3, -0.25) is 4.79 Å². The Hall–Kier alpha value is -2.71. The van der Waals surface area contributed by atoms with Crippen LogP contribution < -0.4 is 10.6 Å². The number of carbonyl (C=O) groups is 1. The third kappa shape index (κ3) is 3.54. The Morgan fingerprint density at radius 2 is 1.88 bits per heavy atom. The van der Waals surface area contributed by atoms with E-state index >= 15 is 0 Å². The van der Waals surface area contributed by atoms with Gasteiger partial charge in [0.1, 0.15) is 6.07 Å². The Balaban J connectivity index is 1.70. The lowest BCUT2D eigenvalue weighted by molar-refractivity contribution is 0.0747. The molecule has 0 bridgehead atoms. The van der Waals surface area contributed by atoms with E-state index in [1.807, 2.05) is 30.0 Å². The van der Waals surface area contributed by atoms with E-state index in [0.29, 0.717) is 48.0 Å². The molecular weight excluding hydrogens is 336 g/mol. The Bertz CT molecular complexity index is 851. The molecule has 0 aromatic heterocycles. The molecule has 1 fully saturated rings. The van der Waals surface area contributed by atoms with E-state index in [1.165, 1.54) is 0 Å². The zero-order valence-electron chi connectivity index (χ0n) is 14.0. The Morgan fingerprint density at radius 1 is 1.16 bits per heavy atom. The Morgan fingerprint density at radius 3 is 2.52 bits per heavy atom. The molecule has 0 spiro atoms. The maximum Gasteiger partial charge on any atom is 0.254 e. The minimum atomic E-state index is -0.0145. The fourth-order valence-corrected chi connectivity index (χ4v) is 3.16. The molecule has 0 unspecified atom stereocenters. The first-order valence-corrected chi connectivity index (χ1v) is 8.47. The van der Waals surface area contributed by atoms with Crippen LogP contribution in [-0.4, -0.2) is 37.0 Å². The number of nitrogens with zero attached hydrogens (tertiary/aromatic N) is 3. The van der Waals surface area contributed by atoms with Crippen molar-refractivity contribution in [1.29, 1.82) is 5.26 Å². The predicted molar refractivity (Wildman–Crippen MR) is 99.9 cm³/mol. The van der Waals surface area contributed by atoms with Crippen LogP contribution in [0.4, 0.5) is 11.4 Å². The first-order chi connectivity index (χ1) is 12.0. The smallest absolute Gasteiger partial charge is 0.254 e. The zero-order valence-corrected chi connectivity index (χ0v) is 14.8. The fraction of sp³-hybridized carbons (Fsp3) is 0.263. The second-order valence-electron chi connectivity index (χ2n) is 6.13. The second kappa shape index (κ2) is 7.04. The van der Waals surface area contributed by atoms with E-state index in [2.05, 4.69) is 11.0 Å². The fourth-order valence-electron chi connectivity index (χ4n) is 2.98. The average Bonchev–Trinajstić information content (AvgIpc) is 2.63. The lowest BCUT2D eigenvalue weighted by atomic mass is 10.1. The molecule has 6 heteroatoms. The van der Waals surface area contributed by atoms with Crippen LogP contribution in [0.1, 0.15) is 21.5 Å².